The predicted octanol–water partition coefficient (Wildman–Crippen LogP) is 2.49. The lowest BCUT2D eigenvalue weighted by atomic mass is 10.1. The standard InChI is InChI=1S/C13H18ClFN2/c1-9-4-12(14)11(5-13(9)15)8-17-7-10-2-3-16-6-10/h4-5,10,16-17H,2-3,6-8H2,1H3. The summed E-state index contributed by atoms with van der Waals surface area (Å²) in [4.78, 5) is 0. The normalized spacial score (nSPS) is 19.8. The maximum Gasteiger partial charge on any atom is 0.126 e. The molecule has 17 heavy (non-hydrogen) atoms. The molecule has 4 heteroatoms. The van der Waals surface area contributed by atoms with Crippen LogP contribution in [0, 0.1) is 18.7 Å². The van der Waals surface area contributed by atoms with Crippen molar-refractivity contribution in [2.24, 2.45) is 5.92 Å². The molecule has 2 rings (SSSR count). The fourth-order valence-electron chi connectivity index (χ4n) is 2.12. The average molecular weight is 257 g/mol. The number of rotatable bonds is 4. The van der Waals surface area contributed by atoms with E-state index in [0.717, 1.165) is 25.2 Å². The number of hydrogen-bond acceptors (Lipinski definition) is 2. The maximum atomic E-state index is 13.4. The van der Waals surface area contributed by atoms with Crippen LogP contribution in [0.3, 0.4) is 0 Å². The molecule has 0 radical (unpaired) electrons. The van der Waals surface area contributed by atoms with E-state index < -0.39 is 0 Å². The smallest absolute Gasteiger partial charge is 0.126 e. The molecule has 1 aliphatic heterocycles. The fourth-order valence-corrected chi connectivity index (χ4v) is 2.41. The molecule has 1 atom stereocenters. The molecule has 1 aliphatic rings. The van der Waals surface area contributed by atoms with Gasteiger partial charge in [-0.05, 0) is 62.2 Å². The van der Waals surface area contributed by atoms with E-state index in [1.54, 1.807) is 13.0 Å². The molecule has 1 aromatic carbocycles. The van der Waals surface area contributed by atoms with E-state index in [2.05, 4.69) is 10.6 Å². The van der Waals surface area contributed by atoms with Crippen LogP contribution in [0.25, 0.3) is 0 Å². The van der Waals surface area contributed by atoms with Gasteiger partial charge >= 0.3 is 0 Å². The molecule has 0 spiro atoms. The van der Waals surface area contributed by atoms with Crippen LogP contribution in [-0.2, 0) is 6.54 Å². The molecule has 1 fully saturated rings. The zero-order valence-electron chi connectivity index (χ0n) is 10.0. The Morgan fingerprint density at radius 3 is 3.06 bits per heavy atom. The maximum absolute atomic E-state index is 13.4. The average Bonchev–Trinajstić information content (AvgIpc) is 2.78. The molecular formula is C13H18ClFN2. The third-order valence-corrected chi connectivity index (χ3v) is 3.59. The summed E-state index contributed by atoms with van der Waals surface area (Å²) < 4.78 is 13.4. The quantitative estimate of drug-likeness (QED) is 0.865. The number of benzene rings is 1. The molecule has 0 aliphatic carbocycles. The van der Waals surface area contributed by atoms with Crippen LogP contribution in [0.4, 0.5) is 4.39 Å². The van der Waals surface area contributed by atoms with Gasteiger partial charge in [0.25, 0.3) is 0 Å². The van der Waals surface area contributed by atoms with Gasteiger partial charge in [0.1, 0.15) is 5.82 Å². The molecule has 0 aromatic heterocycles. The molecule has 0 bridgehead atoms. The summed E-state index contributed by atoms with van der Waals surface area (Å²) in [5, 5.41) is 7.30. The van der Waals surface area contributed by atoms with Crippen LogP contribution in [0.5, 0.6) is 0 Å². The lowest BCUT2D eigenvalue weighted by Crippen LogP contribution is -2.24. The summed E-state index contributed by atoms with van der Waals surface area (Å²) in [5.74, 6) is 0.498. The van der Waals surface area contributed by atoms with Crippen LogP contribution in [0.2, 0.25) is 5.02 Å². The Morgan fingerprint density at radius 2 is 2.35 bits per heavy atom. The van der Waals surface area contributed by atoms with Gasteiger partial charge in [0, 0.05) is 11.6 Å². The van der Waals surface area contributed by atoms with Gasteiger partial charge in [0.2, 0.25) is 0 Å². The highest BCUT2D eigenvalue weighted by Crippen LogP contribution is 2.20. The predicted molar refractivity (Wildman–Crippen MR) is 68.8 cm³/mol. The Morgan fingerprint density at radius 1 is 1.53 bits per heavy atom. The first kappa shape index (κ1) is 12.8. The molecule has 2 nitrogen and oxygen atoms in total. The third-order valence-electron chi connectivity index (χ3n) is 3.24. The van der Waals surface area contributed by atoms with E-state index in [1.807, 2.05) is 0 Å². The highest BCUT2D eigenvalue weighted by atomic mass is 35.5. The van der Waals surface area contributed by atoms with Crippen molar-refractivity contribution in [3.05, 3.63) is 34.1 Å². The molecule has 1 heterocycles. The minimum Gasteiger partial charge on any atom is -0.316 e. The molecule has 1 unspecified atom stereocenters. The SMILES string of the molecule is Cc1cc(Cl)c(CNCC2CCNC2)cc1F. The summed E-state index contributed by atoms with van der Waals surface area (Å²) in [7, 11) is 0. The van der Waals surface area contributed by atoms with E-state index in [-0.39, 0.29) is 5.82 Å². The van der Waals surface area contributed by atoms with Gasteiger partial charge in [0.05, 0.1) is 0 Å². The topological polar surface area (TPSA) is 24.1 Å². The zero-order valence-corrected chi connectivity index (χ0v) is 10.8. The van der Waals surface area contributed by atoms with E-state index in [4.69, 9.17) is 11.6 Å². The van der Waals surface area contributed by atoms with Crippen LogP contribution in [0.15, 0.2) is 12.1 Å². The number of halogens is 2. The first-order valence-corrected chi connectivity index (χ1v) is 6.40. The molecule has 1 aromatic rings. The van der Waals surface area contributed by atoms with Crippen molar-refractivity contribution in [2.45, 2.75) is 19.9 Å². The third kappa shape index (κ3) is 3.41. The fraction of sp³-hybridized carbons (Fsp3) is 0.538. The summed E-state index contributed by atoms with van der Waals surface area (Å²) in [5.41, 5.74) is 1.43. The number of nitrogens with one attached hydrogen (secondary N) is 2. The number of aryl methyl sites for hydroxylation is 1. The van der Waals surface area contributed by atoms with Crippen LogP contribution >= 0.6 is 11.6 Å². The highest BCUT2D eigenvalue weighted by Gasteiger charge is 2.13. The van der Waals surface area contributed by atoms with E-state index >= 15 is 0 Å². The second kappa shape index (κ2) is 5.80. The lowest BCUT2D eigenvalue weighted by Gasteiger charge is -2.11. The van der Waals surface area contributed by atoms with Gasteiger partial charge in [-0.3, -0.25) is 0 Å². The van der Waals surface area contributed by atoms with Gasteiger partial charge in [-0.15, -0.1) is 0 Å². The molecular weight excluding hydrogens is 239 g/mol. The molecule has 1 saturated heterocycles. The van der Waals surface area contributed by atoms with Crippen LogP contribution in [0.1, 0.15) is 17.5 Å². The molecule has 0 amide bonds. The van der Waals surface area contributed by atoms with Crippen molar-refractivity contribution >= 4 is 11.6 Å². The van der Waals surface area contributed by atoms with Crippen molar-refractivity contribution in [1.29, 1.82) is 0 Å². The first-order valence-electron chi connectivity index (χ1n) is 6.03. The van der Waals surface area contributed by atoms with Gasteiger partial charge in [-0.25, -0.2) is 4.39 Å². The van der Waals surface area contributed by atoms with Crippen molar-refractivity contribution in [1.82, 2.24) is 10.6 Å². The second-order valence-electron chi connectivity index (χ2n) is 4.68. The van der Waals surface area contributed by atoms with E-state index in [0.29, 0.717) is 23.0 Å². The lowest BCUT2D eigenvalue weighted by molar-refractivity contribution is 0.511. The summed E-state index contributed by atoms with van der Waals surface area (Å²) in [6, 6.07) is 3.21. The Bertz CT molecular complexity index is 389. The molecule has 2 N–H and O–H groups in total. The minimum atomic E-state index is -0.186. The van der Waals surface area contributed by atoms with Gasteiger partial charge in [-0.2, -0.15) is 0 Å². The Hall–Kier alpha value is -0.640. The monoisotopic (exact) mass is 256 g/mol. The van der Waals surface area contributed by atoms with E-state index in [9.17, 15) is 4.39 Å². The van der Waals surface area contributed by atoms with Crippen LogP contribution < -0.4 is 10.6 Å². The minimum absolute atomic E-state index is 0.186. The van der Waals surface area contributed by atoms with Gasteiger partial charge in [-0.1, -0.05) is 11.6 Å². The molecule has 0 saturated carbocycles. The van der Waals surface area contributed by atoms with Crippen molar-refractivity contribution in [2.75, 3.05) is 19.6 Å². The largest absolute Gasteiger partial charge is 0.316 e. The zero-order chi connectivity index (χ0) is 12.3. The van der Waals surface area contributed by atoms with Crippen molar-refractivity contribution in [3.63, 3.8) is 0 Å². The van der Waals surface area contributed by atoms with E-state index in [1.165, 1.54) is 12.5 Å². The van der Waals surface area contributed by atoms with Gasteiger partial charge < -0.3 is 10.6 Å². The summed E-state index contributed by atoms with van der Waals surface area (Å²) in [6.45, 7) is 5.49. The summed E-state index contributed by atoms with van der Waals surface area (Å²) in [6.07, 6.45) is 1.21. The Balaban J connectivity index is 1.87. The van der Waals surface area contributed by atoms with Crippen LogP contribution in [-0.4, -0.2) is 19.6 Å². The molecule has 94 valence electrons. The Labute approximate surface area is 107 Å². The summed E-state index contributed by atoms with van der Waals surface area (Å²) >= 11 is 6.08. The first-order chi connectivity index (χ1) is 8.16. The number of hydrogen-bond donors (Lipinski definition) is 2. The van der Waals surface area contributed by atoms with Crippen molar-refractivity contribution < 1.29 is 4.39 Å². The second-order valence-corrected chi connectivity index (χ2v) is 5.09. The Kier molecular flexibility index (Phi) is 4.37. The highest BCUT2D eigenvalue weighted by molar-refractivity contribution is 6.31. The van der Waals surface area contributed by atoms with Crippen molar-refractivity contribution in [3.8, 4) is 0 Å². The van der Waals surface area contributed by atoms with Gasteiger partial charge in [0.15, 0.2) is 0 Å².